The molecule has 2 heterocycles. The van der Waals surface area contributed by atoms with Crippen LogP contribution in [0.1, 0.15) is 32.1 Å². The normalized spacial score (nSPS) is 25.7. The summed E-state index contributed by atoms with van der Waals surface area (Å²) in [6.45, 7) is 2.66. The van der Waals surface area contributed by atoms with Gasteiger partial charge in [-0.2, -0.15) is 9.78 Å². The number of aromatic nitrogens is 2. The molecule has 2 saturated carbocycles. The Morgan fingerprint density at radius 1 is 1.07 bits per heavy atom. The van der Waals surface area contributed by atoms with Gasteiger partial charge < -0.3 is 9.80 Å². The highest BCUT2D eigenvalue weighted by Gasteiger charge is 2.40. The van der Waals surface area contributed by atoms with Crippen molar-refractivity contribution in [3.05, 3.63) is 51.9 Å². The van der Waals surface area contributed by atoms with Crippen molar-refractivity contribution in [1.82, 2.24) is 14.7 Å². The molecule has 1 saturated heterocycles. The molecule has 0 N–H and O–H groups in total. The van der Waals surface area contributed by atoms with Gasteiger partial charge in [-0.25, -0.2) is 0 Å². The summed E-state index contributed by atoms with van der Waals surface area (Å²) in [5.41, 5.74) is 1.01. The van der Waals surface area contributed by atoms with Gasteiger partial charge in [-0.1, -0.05) is 36.2 Å². The van der Waals surface area contributed by atoms with Gasteiger partial charge in [0.05, 0.1) is 17.6 Å². The fraction of sp³-hybridized carbons (Fsp3) is 0.522. The Kier molecular flexibility index (Phi) is 5.27. The Morgan fingerprint density at radius 2 is 1.83 bits per heavy atom. The smallest absolute Gasteiger partial charge is 0.292 e. The lowest BCUT2D eigenvalue weighted by molar-refractivity contribution is -0.132. The zero-order valence-electron chi connectivity index (χ0n) is 17.0. The molecule has 3 atom stereocenters. The molecule has 0 spiro atoms. The molecule has 7 heteroatoms. The summed E-state index contributed by atoms with van der Waals surface area (Å²) in [6, 6.07) is 9.26. The number of amides is 1. The number of piperazine rings is 1. The minimum Gasteiger partial charge on any atom is -0.365 e. The van der Waals surface area contributed by atoms with E-state index in [-0.39, 0.29) is 16.5 Å². The third kappa shape index (κ3) is 3.62. The number of halogens is 1. The number of fused-ring (bicyclic) bond motifs is 2. The average molecular weight is 427 g/mol. The van der Waals surface area contributed by atoms with Gasteiger partial charge in [-0.05, 0) is 49.1 Å². The van der Waals surface area contributed by atoms with Crippen molar-refractivity contribution in [2.45, 2.75) is 32.1 Å². The van der Waals surface area contributed by atoms with Gasteiger partial charge in [-0.3, -0.25) is 9.59 Å². The summed E-state index contributed by atoms with van der Waals surface area (Å²) >= 11 is 6.43. The van der Waals surface area contributed by atoms with Crippen LogP contribution in [0.25, 0.3) is 5.69 Å². The van der Waals surface area contributed by atoms with Crippen LogP contribution in [0, 0.1) is 17.8 Å². The second-order valence-corrected chi connectivity index (χ2v) is 9.28. The van der Waals surface area contributed by atoms with E-state index in [0.717, 1.165) is 11.8 Å². The first-order valence-electron chi connectivity index (χ1n) is 11.0. The molecule has 1 aliphatic heterocycles. The number of hydrogen-bond donors (Lipinski definition) is 0. The first kappa shape index (κ1) is 19.6. The van der Waals surface area contributed by atoms with Crippen molar-refractivity contribution in [2.24, 2.45) is 17.8 Å². The maximum absolute atomic E-state index is 12.8. The third-order valence-corrected chi connectivity index (χ3v) is 7.55. The molecule has 1 aromatic carbocycles. The van der Waals surface area contributed by atoms with E-state index in [1.165, 1.54) is 30.4 Å². The minimum absolute atomic E-state index is 0.176. The number of para-hydroxylation sites is 1. The van der Waals surface area contributed by atoms with E-state index in [1.54, 1.807) is 6.20 Å². The fourth-order valence-electron chi connectivity index (χ4n) is 5.57. The highest BCUT2D eigenvalue weighted by Crippen LogP contribution is 2.49. The summed E-state index contributed by atoms with van der Waals surface area (Å²) in [5.74, 6) is 2.54. The molecular weight excluding hydrogens is 400 g/mol. The Hall–Kier alpha value is -2.34. The molecule has 3 fully saturated rings. The van der Waals surface area contributed by atoms with Gasteiger partial charge in [0.2, 0.25) is 5.91 Å². The van der Waals surface area contributed by atoms with Crippen LogP contribution in [0.3, 0.4) is 0 Å². The number of carbonyl (C=O) groups excluding carboxylic acids is 1. The highest BCUT2D eigenvalue weighted by atomic mass is 35.5. The van der Waals surface area contributed by atoms with Gasteiger partial charge in [-0.15, -0.1) is 0 Å². The first-order valence-corrected chi connectivity index (χ1v) is 11.3. The van der Waals surface area contributed by atoms with Crippen molar-refractivity contribution in [3.8, 4) is 5.69 Å². The van der Waals surface area contributed by atoms with Crippen molar-refractivity contribution in [2.75, 3.05) is 31.1 Å². The van der Waals surface area contributed by atoms with E-state index >= 15 is 0 Å². The van der Waals surface area contributed by atoms with Crippen LogP contribution in [-0.4, -0.2) is 46.8 Å². The molecule has 158 valence electrons. The molecule has 2 bridgehead atoms. The molecule has 1 aromatic heterocycles. The molecule has 30 heavy (non-hydrogen) atoms. The zero-order valence-corrected chi connectivity index (χ0v) is 17.8. The van der Waals surface area contributed by atoms with Gasteiger partial charge in [0.15, 0.2) is 0 Å². The Morgan fingerprint density at radius 3 is 2.50 bits per heavy atom. The van der Waals surface area contributed by atoms with E-state index in [0.29, 0.717) is 49.9 Å². The van der Waals surface area contributed by atoms with E-state index in [9.17, 15) is 9.59 Å². The molecule has 0 unspecified atom stereocenters. The SMILES string of the molecule is O=C(C[C@@H]1C[C@H]2CC[C@H]1C2)N1CCN(c2cnn(-c3ccccc3)c(=O)c2Cl)CC1. The van der Waals surface area contributed by atoms with Crippen LogP contribution < -0.4 is 10.5 Å². The van der Waals surface area contributed by atoms with Gasteiger partial charge in [0.25, 0.3) is 5.56 Å². The maximum Gasteiger partial charge on any atom is 0.292 e. The topological polar surface area (TPSA) is 58.4 Å². The minimum atomic E-state index is -0.324. The largest absolute Gasteiger partial charge is 0.365 e. The lowest BCUT2D eigenvalue weighted by Gasteiger charge is -2.37. The number of benzene rings is 1. The fourth-order valence-corrected chi connectivity index (χ4v) is 5.82. The summed E-state index contributed by atoms with van der Waals surface area (Å²) < 4.78 is 1.32. The van der Waals surface area contributed by atoms with Crippen LogP contribution >= 0.6 is 11.6 Å². The van der Waals surface area contributed by atoms with E-state index in [2.05, 4.69) is 10.00 Å². The molecule has 6 nitrogen and oxygen atoms in total. The zero-order chi connectivity index (χ0) is 20.7. The van der Waals surface area contributed by atoms with Crippen LogP contribution in [0.5, 0.6) is 0 Å². The quantitative estimate of drug-likeness (QED) is 0.752. The average Bonchev–Trinajstić information content (AvgIpc) is 3.40. The van der Waals surface area contributed by atoms with Crippen molar-refractivity contribution in [3.63, 3.8) is 0 Å². The Bertz CT molecular complexity index is 984. The molecule has 5 rings (SSSR count). The highest BCUT2D eigenvalue weighted by molar-refractivity contribution is 6.33. The number of anilines is 1. The summed E-state index contributed by atoms with van der Waals surface area (Å²) in [4.78, 5) is 29.6. The van der Waals surface area contributed by atoms with Crippen LogP contribution in [-0.2, 0) is 4.79 Å². The standard InChI is InChI=1S/C23H27ClN4O2/c24-22-20(15-25-28(23(22)30)19-4-2-1-3-5-19)26-8-10-27(11-9-26)21(29)14-18-13-16-6-7-17(18)12-16/h1-5,15-18H,6-14H2/t16-,17-,18-/m0/s1. The molecule has 0 radical (unpaired) electrons. The first-order chi connectivity index (χ1) is 14.6. The predicted octanol–water partition coefficient (Wildman–Crippen LogP) is 3.36. The van der Waals surface area contributed by atoms with Crippen molar-refractivity contribution in [1.29, 1.82) is 0 Å². The molecule has 2 aliphatic carbocycles. The van der Waals surface area contributed by atoms with Crippen LogP contribution in [0.2, 0.25) is 5.02 Å². The molecule has 2 aromatic rings. The second kappa shape index (κ2) is 8.06. The van der Waals surface area contributed by atoms with Crippen LogP contribution in [0.15, 0.2) is 41.3 Å². The number of nitrogens with zero attached hydrogens (tertiary/aromatic N) is 4. The van der Waals surface area contributed by atoms with Gasteiger partial charge in [0.1, 0.15) is 5.02 Å². The second-order valence-electron chi connectivity index (χ2n) is 8.90. The van der Waals surface area contributed by atoms with E-state index < -0.39 is 0 Å². The number of carbonyl (C=O) groups is 1. The third-order valence-electron chi connectivity index (χ3n) is 7.20. The molecular formula is C23H27ClN4O2. The summed E-state index contributed by atoms with van der Waals surface area (Å²) in [6.07, 6.45) is 7.63. The van der Waals surface area contributed by atoms with E-state index in [4.69, 9.17) is 11.6 Å². The lowest BCUT2D eigenvalue weighted by Crippen LogP contribution is -2.49. The summed E-state index contributed by atoms with van der Waals surface area (Å²) in [7, 11) is 0. The summed E-state index contributed by atoms with van der Waals surface area (Å²) in [5, 5.41) is 4.50. The maximum atomic E-state index is 12.8. The number of hydrogen-bond acceptors (Lipinski definition) is 4. The predicted molar refractivity (Wildman–Crippen MR) is 117 cm³/mol. The van der Waals surface area contributed by atoms with Gasteiger partial charge >= 0.3 is 0 Å². The number of rotatable bonds is 4. The van der Waals surface area contributed by atoms with E-state index in [1.807, 2.05) is 35.2 Å². The molecule has 1 amide bonds. The molecule has 3 aliphatic rings. The monoisotopic (exact) mass is 426 g/mol. The lowest BCUT2D eigenvalue weighted by atomic mass is 9.86. The Labute approximate surface area is 181 Å². The van der Waals surface area contributed by atoms with Gasteiger partial charge in [0, 0.05) is 32.6 Å². The van der Waals surface area contributed by atoms with Crippen molar-refractivity contribution < 1.29 is 4.79 Å². The van der Waals surface area contributed by atoms with Crippen LogP contribution in [0.4, 0.5) is 5.69 Å². The van der Waals surface area contributed by atoms with Crippen molar-refractivity contribution >= 4 is 23.2 Å². The Balaban J connectivity index is 1.23.